The van der Waals surface area contributed by atoms with Gasteiger partial charge in [-0.05, 0) is 12.3 Å². The minimum absolute atomic E-state index is 0.253. The fourth-order valence-electron chi connectivity index (χ4n) is 1.12. The van der Waals surface area contributed by atoms with Gasteiger partial charge < -0.3 is 15.0 Å². The van der Waals surface area contributed by atoms with Gasteiger partial charge in [0.25, 0.3) is 0 Å². The maximum atomic E-state index is 8.70. The third kappa shape index (κ3) is 3.06. The number of imidazole rings is 1. The van der Waals surface area contributed by atoms with Gasteiger partial charge in [-0.1, -0.05) is 6.92 Å². The zero-order valence-corrected chi connectivity index (χ0v) is 8.20. The highest BCUT2D eigenvalue weighted by atomic mass is 16.3. The molecule has 0 radical (unpaired) electrons. The molecule has 4 nitrogen and oxygen atoms in total. The monoisotopic (exact) mass is 183 g/mol. The molecule has 0 bridgehead atoms. The molecule has 1 aromatic rings. The van der Waals surface area contributed by atoms with Crippen LogP contribution in [0.25, 0.3) is 0 Å². The van der Waals surface area contributed by atoms with Crippen LogP contribution in [0.2, 0.25) is 0 Å². The van der Waals surface area contributed by atoms with Crippen molar-refractivity contribution in [2.75, 3.05) is 18.5 Å². The van der Waals surface area contributed by atoms with E-state index in [1.54, 1.807) is 6.20 Å². The van der Waals surface area contributed by atoms with Crippen molar-refractivity contribution >= 4 is 5.95 Å². The molecule has 0 amide bonds. The molecule has 0 saturated heterocycles. The molecule has 1 heterocycles. The molecule has 0 saturated carbocycles. The van der Waals surface area contributed by atoms with Crippen LogP contribution in [0.4, 0.5) is 5.95 Å². The first kappa shape index (κ1) is 10.1. The van der Waals surface area contributed by atoms with E-state index < -0.39 is 0 Å². The lowest BCUT2D eigenvalue weighted by Crippen LogP contribution is -2.14. The van der Waals surface area contributed by atoms with Crippen LogP contribution in [0.5, 0.6) is 0 Å². The molecule has 4 heteroatoms. The molecule has 74 valence electrons. The van der Waals surface area contributed by atoms with Crippen molar-refractivity contribution in [1.29, 1.82) is 0 Å². The summed E-state index contributed by atoms with van der Waals surface area (Å²) in [4.78, 5) is 4.14. The number of hydrogen-bond acceptors (Lipinski definition) is 3. The fourth-order valence-corrected chi connectivity index (χ4v) is 1.12. The second-order valence-electron chi connectivity index (χ2n) is 3.36. The van der Waals surface area contributed by atoms with Gasteiger partial charge in [0, 0.05) is 32.6 Å². The Balaban J connectivity index is 2.30. The Morgan fingerprint density at radius 2 is 2.46 bits per heavy atom. The smallest absolute Gasteiger partial charge is 0.202 e. The third-order valence-corrected chi connectivity index (χ3v) is 2.05. The van der Waals surface area contributed by atoms with Gasteiger partial charge in [0.2, 0.25) is 5.95 Å². The Morgan fingerprint density at radius 1 is 1.69 bits per heavy atom. The van der Waals surface area contributed by atoms with Crippen molar-refractivity contribution in [3.8, 4) is 0 Å². The van der Waals surface area contributed by atoms with Crippen molar-refractivity contribution in [2.45, 2.75) is 13.3 Å². The van der Waals surface area contributed by atoms with E-state index in [9.17, 15) is 0 Å². The first-order valence-electron chi connectivity index (χ1n) is 4.56. The predicted molar refractivity (Wildman–Crippen MR) is 52.6 cm³/mol. The van der Waals surface area contributed by atoms with Gasteiger partial charge in [-0.25, -0.2) is 4.98 Å². The second kappa shape index (κ2) is 4.87. The molecular formula is C9H17N3O. The van der Waals surface area contributed by atoms with E-state index >= 15 is 0 Å². The summed E-state index contributed by atoms with van der Waals surface area (Å²) in [7, 11) is 1.95. The lowest BCUT2D eigenvalue weighted by molar-refractivity contribution is 0.265. The van der Waals surface area contributed by atoms with Crippen LogP contribution in [0.1, 0.15) is 13.3 Å². The molecule has 1 unspecified atom stereocenters. The lowest BCUT2D eigenvalue weighted by Gasteiger charge is -2.11. The molecule has 1 aromatic heterocycles. The highest BCUT2D eigenvalue weighted by Crippen LogP contribution is 2.05. The molecule has 13 heavy (non-hydrogen) atoms. The molecule has 1 atom stereocenters. The maximum Gasteiger partial charge on any atom is 0.202 e. The molecule has 0 aliphatic carbocycles. The molecule has 0 aliphatic rings. The van der Waals surface area contributed by atoms with Crippen LogP contribution in [0.3, 0.4) is 0 Å². The third-order valence-electron chi connectivity index (χ3n) is 2.05. The standard InChI is InChI=1S/C9H17N3O/c1-8(3-6-13)7-11-9-10-4-5-12(9)2/h4-5,8,13H,3,6-7H2,1-2H3,(H,10,11). The van der Waals surface area contributed by atoms with Gasteiger partial charge in [0.15, 0.2) is 0 Å². The predicted octanol–water partition coefficient (Wildman–Crippen LogP) is 0.850. The van der Waals surface area contributed by atoms with Gasteiger partial charge in [0.1, 0.15) is 0 Å². The minimum Gasteiger partial charge on any atom is -0.396 e. The van der Waals surface area contributed by atoms with E-state index in [2.05, 4.69) is 17.2 Å². The van der Waals surface area contributed by atoms with Crippen LogP contribution in [0, 0.1) is 5.92 Å². The van der Waals surface area contributed by atoms with E-state index in [4.69, 9.17) is 5.11 Å². The average Bonchev–Trinajstić information content (AvgIpc) is 2.48. The SMILES string of the molecule is CC(CCO)CNc1nccn1C. The Kier molecular flexibility index (Phi) is 3.76. The van der Waals surface area contributed by atoms with Crippen LogP contribution in [-0.4, -0.2) is 27.8 Å². The fraction of sp³-hybridized carbons (Fsp3) is 0.667. The number of aliphatic hydroxyl groups is 1. The van der Waals surface area contributed by atoms with E-state index in [1.165, 1.54) is 0 Å². The van der Waals surface area contributed by atoms with Crippen LogP contribution in [-0.2, 0) is 7.05 Å². The summed E-state index contributed by atoms with van der Waals surface area (Å²) in [5.41, 5.74) is 0. The second-order valence-corrected chi connectivity index (χ2v) is 3.36. The number of rotatable bonds is 5. The van der Waals surface area contributed by atoms with Crippen LogP contribution < -0.4 is 5.32 Å². The molecule has 0 fully saturated rings. The molecule has 0 spiro atoms. The number of nitrogens with one attached hydrogen (secondary N) is 1. The zero-order valence-electron chi connectivity index (χ0n) is 8.20. The van der Waals surface area contributed by atoms with E-state index in [-0.39, 0.29) is 6.61 Å². The lowest BCUT2D eigenvalue weighted by atomic mass is 10.1. The number of aliphatic hydroxyl groups excluding tert-OH is 1. The first-order chi connectivity index (χ1) is 6.24. The summed E-state index contributed by atoms with van der Waals surface area (Å²) < 4.78 is 1.94. The Bertz CT molecular complexity index is 247. The first-order valence-corrected chi connectivity index (χ1v) is 4.56. The maximum absolute atomic E-state index is 8.70. The number of nitrogens with zero attached hydrogens (tertiary/aromatic N) is 2. The molecule has 0 aromatic carbocycles. The van der Waals surface area contributed by atoms with Gasteiger partial charge >= 0.3 is 0 Å². The highest BCUT2D eigenvalue weighted by molar-refractivity contribution is 5.24. The van der Waals surface area contributed by atoms with Gasteiger partial charge in [0.05, 0.1) is 0 Å². The minimum atomic E-state index is 0.253. The molecular weight excluding hydrogens is 166 g/mol. The highest BCUT2D eigenvalue weighted by Gasteiger charge is 2.02. The zero-order chi connectivity index (χ0) is 9.68. The van der Waals surface area contributed by atoms with E-state index in [1.807, 2.05) is 17.8 Å². The number of hydrogen-bond donors (Lipinski definition) is 2. The van der Waals surface area contributed by atoms with Crippen LogP contribution >= 0.6 is 0 Å². The van der Waals surface area contributed by atoms with Crippen molar-refractivity contribution in [1.82, 2.24) is 9.55 Å². The number of anilines is 1. The topological polar surface area (TPSA) is 50.1 Å². The van der Waals surface area contributed by atoms with Crippen molar-refractivity contribution < 1.29 is 5.11 Å². The Labute approximate surface area is 78.6 Å². The summed E-state index contributed by atoms with van der Waals surface area (Å²) in [6, 6.07) is 0. The quantitative estimate of drug-likeness (QED) is 0.711. The summed E-state index contributed by atoms with van der Waals surface area (Å²) in [5, 5.41) is 11.9. The normalized spacial score (nSPS) is 12.8. The van der Waals surface area contributed by atoms with E-state index in [0.717, 1.165) is 18.9 Å². The van der Waals surface area contributed by atoms with Crippen molar-refractivity contribution in [3.63, 3.8) is 0 Å². The number of aromatic nitrogens is 2. The number of aryl methyl sites for hydroxylation is 1. The van der Waals surface area contributed by atoms with Gasteiger partial charge in [-0.3, -0.25) is 0 Å². The summed E-state index contributed by atoms with van der Waals surface area (Å²) in [6.07, 6.45) is 4.50. The average molecular weight is 183 g/mol. The molecule has 0 aliphatic heterocycles. The summed E-state index contributed by atoms with van der Waals surface area (Å²) in [5.74, 6) is 1.35. The summed E-state index contributed by atoms with van der Waals surface area (Å²) in [6.45, 7) is 3.21. The molecule has 2 N–H and O–H groups in total. The summed E-state index contributed by atoms with van der Waals surface area (Å²) >= 11 is 0. The van der Waals surface area contributed by atoms with Gasteiger partial charge in [-0.2, -0.15) is 0 Å². The Hall–Kier alpha value is -1.03. The van der Waals surface area contributed by atoms with Crippen molar-refractivity contribution in [2.24, 2.45) is 13.0 Å². The molecule has 1 rings (SSSR count). The Morgan fingerprint density at radius 3 is 3.00 bits per heavy atom. The van der Waals surface area contributed by atoms with Gasteiger partial charge in [-0.15, -0.1) is 0 Å². The van der Waals surface area contributed by atoms with Crippen LogP contribution in [0.15, 0.2) is 12.4 Å². The van der Waals surface area contributed by atoms with E-state index in [0.29, 0.717) is 5.92 Å². The van der Waals surface area contributed by atoms with Crippen molar-refractivity contribution in [3.05, 3.63) is 12.4 Å². The largest absolute Gasteiger partial charge is 0.396 e.